The van der Waals surface area contributed by atoms with Crippen molar-refractivity contribution in [2.24, 2.45) is 5.92 Å². The third-order valence-corrected chi connectivity index (χ3v) is 4.13. The molecule has 108 valence electrons. The van der Waals surface area contributed by atoms with Gasteiger partial charge in [-0.2, -0.15) is 0 Å². The molecule has 2 bridgehead atoms. The lowest BCUT2D eigenvalue weighted by molar-refractivity contribution is 0.00194. The van der Waals surface area contributed by atoms with E-state index in [4.69, 9.17) is 10.5 Å². The topological polar surface area (TPSA) is 64.3 Å². The summed E-state index contributed by atoms with van der Waals surface area (Å²) in [6.45, 7) is 5.59. The number of nitrogens with one attached hydrogen (secondary N) is 1. The lowest BCUT2D eigenvalue weighted by atomic mass is 9.50. The van der Waals surface area contributed by atoms with E-state index in [0.717, 1.165) is 11.6 Å². The van der Waals surface area contributed by atoms with E-state index in [-0.39, 0.29) is 11.5 Å². The van der Waals surface area contributed by atoms with Gasteiger partial charge < -0.3 is 15.8 Å². The molecule has 3 fully saturated rings. The van der Waals surface area contributed by atoms with Gasteiger partial charge in [0.1, 0.15) is 5.60 Å². The van der Waals surface area contributed by atoms with Crippen molar-refractivity contribution in [3.8, 4) is 0 Å². The molecule has 1 aromatic rings. The fourth-order valence-corrected chi connectivity index (χ4v) is 3.05. The zero-order valence-corrected chi connectivity index (χ0v) is 12.3. The smallest absolute Gasteiger partial charge is 0.338 e. The summed E-state index contributed by atoms with van der Waals surface area (Å²) >= 11 is 0. The number of carbonyl (C=O) groups excluding carboxylic acids is 1. The van der Waals surface area contributed by atoms with Crippen molar-refractivity contribution >= 4 is 17.3 Å². The standard InChI is InChI=1S/C16H22N2O2/c1-15(2,3)20-14(19)11-4-5-12(17)13(6-11)18-16-7-10(8-16)9-16/h4-6,10,18H,7-9,17H2,1-3H3. The Hall–Kier alpha value is -1.71. The highest BCUT2D eigenvalue weighted by Crippen LogP contribution is 2.58. The molecule has 20 heavy (non-hydrogen) atoms. The molecule has 0 aliphatic heterocycles. The van der Waals surface area contributed by atoms with Crippen LogP contribution in [0.1, 0.15) is 50.4 Å². The Morgan fingerprint density at radius 2 is 2.00 bits per heavy atom. The van der Waals surface area contributed by atoms with Gasteiger partial charge in [-0.15, -0.1) is 0 Å². The van der Waals surface area contributed by atoms with E-state index in [0.29, 0.717) is 11.3 Å². The minimum atomic E-state index is -0.486. The molecule has 3 aliphatic rings. The number of anilines is 2. The highest BCUT2D eigenvalue weighted by atomic mass is 16.6. The molecule has 0 saturated heterocycles. The fraction of sp³-hybridized carbons (Fsp3) is 0.562. The molecule has 0 atom stereocenters. The van der Waals surface area contributed by atoms with Crippen LogP contribution in [-0.4, -0.2) is 17.1 Å². The van der Waals surface area contributed by atoms with E-state index in [9.17, 15) is 4.79 Å². The molecular weight excluding hydrogens is 252 g/mol. The molecule has 0 radical (unpaired) electrons. The Bertz CT molecular complexity index is 543. The first-order chi connectivity index (χ1) is 9.26. The number of carbonyl (C=O) groups is 1. The van der Waals surface area contributed by atoms with Crippen molar-refractivity contribution in [2.75, 3.05) is 11.1 Å². The summed E-state index contributed by atoms with van der Waals surface area (Å²) in [7, 11) is 0. The molecule has 4 nitrogen and oxygen atoms in total. The van der Waals surface area contributed by atoms with Crippen LogP contribution in [0.4, 0.5) is 11.4 Å². The molecule has 3 saturated carbocycles. The van der Waals surface area contributed by atoms with Crippen molar-refractivity contribution in [1.82, 2.24) is 0 Å². The van der Waals surface area contributed by atoms with Crippen LogP contribution in [0.25, 0.3) is 0 Å². The number of ether oxygens (including phenoxy) is 1. The summed E-state index contributed by atoms with van der Waals surface area (Å²) in [6, 6.07) is 5.30. The fourth-order valence-electron chi connectivity index (χ4n) is 3.05. The maximum Gasteiger partial charge on any atom is 0.338 e. The molecule has 0 heterocycles. The average Bonchev–Trinajstić information content (AvgIpc) is 2.21. The van der Waals surface area contributed by atoms with Crippen LogP contribution in [0.15, 0.2) is 18.2 Å². The predicted octanol–water partition coefficient (Wildman–Crippen LogP) is 3.19. The third-order valence-electron chi connectivity index (χ3n) is 4.13. The maximum atomic E-state index is 12.1. The minimum Gasteiger partial charge on any atom is -0.456 e. The lowest BCUT2D eigenvalue weighted by Gasteiger charge is -2.62. The first-order valence-electron chi connectivity index (χ1n) is 7.17. The molecule has 4 rings (SSSR count). The highest BCUT2D eigenvalue weighted by molar-refractivity contribution is 5.92. The van der Waals surface area contributed by atoms with Crippen molar-refractivity contribution in [3.05, 3.63) is 23.8 Å². The molecule has 0 aromatic heterocycles. The van der Waals surface area contributed by atoms with Crippen LogP contribution in [0.3, 0.4) is 0 Å². The number of benzene rings is 1. The van der Waals surface area contributed by atoms with Gasteiger partial charge >= 0.3 is 5.97 Å². The minimum absolute atomic E-state index is 0.241. The van der Waals surface area contributed by atoms with E-state index in [1.807, 2.05) is 26.8 Å². The van der Waals surface area contributed by atoms with Crippen LogP contribution in [0.5, 0.6) is 0 Å². The Labute approximate surface area is 119 Å². The predicted molar refractivity (Wildman–Crippen MR) is 79.7 cm³/mol. The van der Waals surface area contributed by atoms with Gasteiger partial charge in [-0.3, -0.25) is 0 Å². The Balaban J connectivity index is 1.77. The number of nitrogens with two attached hydrogens (primary N) is 1. The summed E-state index contributed by atoms with van der Waals surface area (Å²) in [5.41, 5.74) is 7.84. The van der Waals surface area contributed by atoms with Crippen LogP contribution < -0.4 is 11.1 Å². The quantitative estimate of drug-likeness (QED) is 0.656. The first-order valence-corrected chi connectivity index (χ1v) is 7.17. The number of rotatable bonds is 3. The Morgan fingerprint density at radius 3 is 2.50 bits per heavy atom. The number of nitrogen functional groups attached to an aromatic ring is 1. The molecule has 3 aliphatic carbocycles. The van der Waals surface area contributed by atoms with E-state index in [2.05, 4.69) is 5.32 Å². The number of esters is 1. The SMILES string of the molecule is CC(C)(C)OC(=O)c1ccc(N)c(NC23CC(C2)C3)c1. The molecule has 4 heteroatoms. The Morgan fingerprint density at radius 1 is 1.35 bits per heavy atom. The summed E-state index contributed by atoms with van der Waals surface area (Å²) in [4.78, 5) is 12.1. The van der Waals surface area contributed by atoms with E-state index >= 15 is 0 Å². The van der Waals surface area contributed by atoms with Crippen LogP contribution in [0.2, 0.25) is 0 Å². The summed E-state index contributed by atoms with van der Waals surface area (Å²) < 4.78 is 5.39. The number of hydrogen-bond donors (Lipinski definition) is 2. The zero-order valence-electron chi connectivity index (χ0n) is 12.3. The normalized spacial score (nSPS) is 27.2. The first kappa shape index (κ1) is 13.3. The van der Waals surface area contributed by atoms with Crippen LogP contribution in [0, 0.1) is 5.92 Å². The van der Waals surface area contributed by atoms with Gasteiger partial charge in [-0.1, -0.05) is 0 Å². The van der Waals surface area contributed by atoms with E-state index in [1.54, 1.807) is 12.1 Å². The molecular formula is C16H22N2O2. The van der Waals surface area contributed by atoms with Gasteiger partial charge in [0.15, 0.2) is 0 Å². The summed E-state index contributed by atoms with van der Waals surface area (Å²) in [5, 5.41) is 3.51. The van der Waals surface area contributed by atoms with E-state index < -0.39 is 5.60 Å². The number of hydrogen-bond acceptors (Lipinski definition) is 4. The van der Waals surface area contributed by atoms with Crippen molar-refractivity contribution in [2.45, 2.75) is 51.2 Å². The largest absolute Gasteiger partial charge is 0.456 e. The van der Waals surface area contributed by atoms with Gasteiger partial charge in [-0.05, 0) is 64.2 Å². The Kier molecular flexibility index (Phi) is 2.75. The third kappa shape index (κ3) is 2.35. The molecule has 0 spiro atoms. The molecule has 0 unspecified atom stereocenters. The molecule has 1 aromatic carbocycles. The second kappa shape index (κ2) is 4.14. The van der Waals surface area contributed by atoms with Crippen molar-refractivity contribution in [1.29, 1.82) is 0 Å². The van der Waals surface area contributed by atoms with Gasteiger partial charge in [-0.25, -0.2) is 4.79 Å². The molecule has 3 N–H and O–H groups in total. The average molecular weight is 274 g/mol. The second-order valence-electron chi connectivity index (χ2n) is 7.19. The van der Waals surface area contributed by atoms with Crippen LogP contribution >= 0.6 is 0 Å². The van der Waals surface area contributed by atoms with Crippen molar-refractivity contribution in [3.63, 3.8) is 0 Å². The second-order valence-corrected chi connectivity index (χ2v) is 7.19. The van der Waals surface area contributed by atoms with Gasteiger partial charge in [0, 0.05) is 5.54 Å². The lowest BCUT2D eigenvalue weighted by Crippen LogP contribution is -2.63. The van der Waals surface area contributed by atoms with Gasteiger partial charge in [0.25, 0.3) is 0 Å². The zero-order chi connectivity index (χ0) is 14.5. The highest BCUT2D eigenvalue weighted by Gasteiger charge is 2.56. The van der Waals surface area contributed by atoms with Crippen molar-refractivity contribution < 1.29 is 9.53 Å². The summed E-state index contributed by atoms with van der Waals surface area (Å²) in [6.07, 6.45) is 3.68. The maximum absolute atomic E-state index is 12.1. The summed E-state index contributed by atoms with van der Waals surface area (Å²) in [5.74, 6) is 0.593. The van der Waals surface area contributed by atoms with Crippen LogP contribution in [-0.2, 0) is 4.74 Å². The van der Waals surface area contributed by atoms with E-state index in [1.165, 1.54) is 19.3 Å². The van der Waals surface area contributed by atoms with Gasteiger partial charge in [0.2, 0.25) is 0 Å². The monoisotopic (exact) mass is 274 g/mol. The van der Waals surface area contributed by atoms with Gasteiger partial charge in [0.05, 0.1) is 16.9 Å². The molecule has 0 amide bonds.